The summed E-state index contributed by atoms with van der Waals surface area (Å²) in [7, 11) is 2.65. The molecule has 1 atom stereocenters. The molecule has 0 spiro atoms. The molecule has 1 fully saturated rings. The van der Waals surface area contributed by atoms with Crippen molar-refractivity contribution in [2.45, 2.75) is 103 Å². The average molecular weight is 235 g/mol. The fourth-order valence-corrected chi connectivity index (χ4v) is 3.00. The van der Waals surface area contributed by atoms with E-state index in [9.17, 15) is 0 Å². The molecule has 99 valence electrons. The lowest BCUT2D eigenvalue weighted by atomic mass is 9.58. The Labute approximate surface area is 110 Å². The maximum absolute atomic E-state index is 2.65. The van der Waals surface area contributed by atoms with Gasteiger partial charge in [0.05, 0.1) is 0 Å². The van der Waals surface area contributed by atoms with Gasteiger partial charge >= 0.3 is 0 Å². The van der Waals surface area contributed by atoms with Crippen LogP contribution in [0, 0.1) is 0 Å². The summed E-state index contributed by atoms with van der Waals surface area (Å²) in [6, 6.07) is 0. The molecule has 1 heteroatoms. The van der Waals surface area contributed by atoms with Crippen LogP contribution in [0.25, 0.3) is 0 Å². The number of hydrogen-bond acceptors (Lipinski definition) is 0. The zero-order chi connectivity index (χ0) is 12.2. The molecule has 0 aromatic rings. The van der Waals surface area contributed by atoms with Crippen LogP contribution in [-0.4, -0.2) is 7.28 Å². The topological polar surface area (TPSA) is 0 Å². The van der Waals surface area contributed by atoms with Crippen molar-refractivity contribution in [2.24, 2.45) is 0 Å². The van der Waals surface area contributed by atoms with E-state index in [1.54, 1.807) is 0 Å². The van der Waals surface area contributed by atoms with E-state index in [-0.39, 0.29) is 0 Å². The Balaban J connectivity index is 1.99. The zero-order valence-electron chi connectivity index (χ0n) is 12.1. The standard InChI is InChI=1S/C16H32B/c1-2-3-4-5-7-10-13-16-14-11-8-6-9-12-15-17-16/h16H,2-15H2,1H3. The van der Waals surface area contributed by atoms with Crippen LogP contribution in [0.15, 0.2) is 0 Å². The minimum Gasteiger partial charge on any atom is -0.0800 e. The van der Waals surface area contributed by atoms with Crippen molar-refractivity contribution < 1.29 is 0 Å². The lowest BCUT2D eigenvalue weighted by Crippen LogP contribution is -2.03. The van der Waals surface area contributed by atoms with Gasteiger partial charge in [0.15, 0.2) is 0 Å². The lowest BCUT2D eigenvalue weighted by Gasteiger charge is -2.14. The average Bonchev–Trinajstić information content (AvgIpc) is 2.47. The highest BCUT2D eigenvalue weighted by Gasteiger charge is 2.11. The van der Waals surface area contributed by atoms with E-state index >= 15 is 0 Å². The van der Waals surface area contributed by atoms with Gasteiger partial charge in [-0.2, -0.15) is 0 Å². The van der Waals surface area contributed by atoms with Crippen molar-refractivity contribution in [1.82, 2.24) is 0 Å². The summed E-state index contributed by atoms with van der Waals surface area (Å²) in [6.07, 6.45) is 20.4. The van der Waals surface area contributed by atoms with Crippen LogP contribution < -0.4 is 0 Å². The van der Waals surface area contributed by atoms with Gasteiger partial charge in [-0.3, -0.25) is 0 Å². The zero-order valence-corrected chi connectivity index (χ0v) is 12.1. The van der Waals surface area contributed by atoms with Crippen LogP contribution in [0.5, 0.6) is 0 Å². The predicted molar refractivity (Wildman–Crippen MR) is 80.0 cm³/mol. The summed E-state index contributed by atoms with van der Waals surface area (Å²) in [5, 5.41) is 0. The monoisotopic (exact) mass is 235 g/mol. The Morgan fingerprint density at radius 3 is 2.41 bits per heavy atom. The molecule has 0 nitrogen and oxygen atoms in total. The molecule has 1 unspecified atom stereocenters. The Kier molecular flexibility index (Phi) is 9.94. The second-order valence-corrected chi connectivity index (χ2v) is 5.90. The van der Waals surface area contributed by atoms with Gasteiger partial charge in [-0.1, -0.05) is 103 Å². The Bertz CT molecular complexity index is 146. The number of hydrogen-bond donors (Lipinski definition) is 0. The molecule has 1 rings (SSSR count). The first-order valence-corrected chi connectivity index (χ1v) is 8.27. The molecule has 1 aliphatic heterocycles. The van der Waals surface area contributed by atoms with Crippen LogP contribution in [0.3, 0.4) is 0 Å². The maximum atomic E-state index is 2.65. The number of unbranched alkanes of at least 4 members (excludes halogenated alkanes) is 5. The van der Waals surface area contributed by atoms with Crippen LogP contribution in [0.2, 0.25) is 12.1 Å². The third-order valence-electron chi connectivity index (χ3n) is 4.21. The Morgan fingerprint density at radius 2 is 1.53 bits per heavy atom. The fourth-order valence-electron chi connectivity index (χ4n) is 3.00. The first-order chi connectivity index (χ1) is 8.43. The third kappa shape index (κ3) is 8.74. The summed E-state index contributed by atoms with van der Waals surface area (Å²) in [6.45, 7) is 2.30. The van der Waals surface area contributed by atoms with E-state index < -0.39 is 0 Å². The molecule has 0 amide bonds. The molecule has 0 bridgehead atoms. The fraction of sp³-hybridized carbons (Fsp3) is 1.00. The van der Waals surface area contributed by atoms with Crippen LogP contribution in [0.1, 0.15) is 90.4 Å². The summed E-state index contributed by atoms with van der Waals surface area (Å²) in [5.74, 6) is 0.958. The van der Waals surface area contributed by atoms with Crippen molar-refractivity contribution in [3.63, 3.8) is 0 Å². The Hall–Kier alpha value is 0.0649. The normalized spacial score (nSPS) is 22.3. The van der Waals surface area contributed by atoms with Gasteiger partial charge in [0.25, 0.3) is 0 Å². The van der Waals surface area contributed by atoms with Crippen molar-refractivity contribution in [3.8, 4) is 0 Å². The van der Waals surface area contributed by atoms with E-state index in [1.807, 2.05) is 0 Å². The van der Waals surface area contributed by atoms with Crippen LogP contribution >= 0.6 is 0 Å². The number of rotatable bonds is 7. The predicted octanol–water partition coefficient (Wildman–Crippen LogP) is 6.00. The molecule has 0 N–H and O–H groups in total. The second-order valence-electron chi connectivity index (χ2n) is 5.90. The largest absolute Gasteiger partial charge is 0.113 e. The first kappa shape index (κ1) is 15.1. The van der Waals surface area contributed by atoms with Crippen molar-refractivity contribution in [3.05, 3.63) is 0 Å². The highest BCUT2D eigenvalue weighted by atomic mass is 14.1. The van der Waals surface area contributed by atoms with Crippen LogP contribution in [0.4, 0.5) is 0 Å². The molecule has 0 saturated carbocycles. The summed E-state index contributed by atoms with van der Waals surface area (Å²) in [5.41, 5.74) is 0. The van der Waals surface area contributed by atoms with Crippen molar-refractivity contribution >= 4 is 7.28 Å². The van der Waals surface area contributed by atoms with Crippen molar-refractivity contribution in [1.29, 1.82) is 0 Å². The minimum absolute atomic E-state index is 0.958. The van der Waals surface area contributed by atoms with E-state index in [0.717, 1.165) is 5.82 Å². The smallest absolute Gasteiger partial charge is 0.0800 e. The molecule has 1 heterocycles. The van der Waals surface area contributed by atoms with E-state index in [1.165, 1.54) is 89.8 Å². The first-order valence-electron chi connectivity index (χ1n) is 8.27. The van der Waals surface area contributed by atoms with Gasteiger partial charge in [0, 0.05) is 0 Å². The van der Waals surface area contributed by atoms with Gasteiger partial charge in [0.2, 0.25) is 0 Å². The lowest BCUT2D eigenvalue weighted by molar-refractivity contribution is 0.542. The quantitative estimate of drug-likeness (QED) is 0.375. The molecule has 17 heavy (non-hydrogen) atoms. The van der Waals surface area contributed by atoms with Gasteiger partial charge in [-0.05, 0) is 0 Å². The molecule has 0 aromatic carbocycles. The molecule has 1 saturated heterocycles. The minimum atomic E-state index is 0.958. The highest BCUT2D eigenvalue weighted by molar-refractivity contribution is 6.37. The highest BCUT2D eigenvalue weighted by Crippen LogP contribution is 2.26. The van der Waals surface area contributed by atoms with Gasteiger partial charge in [-0.25, -0.2) is 0 Å². The molecule has 0 aromatic heterocycles. The van der Waals surface area contributed by atoms with Gasteiger partial charge in [-0.15, -0.1) is 0 Å². The van der Waals surface area contributed by atoms with Crippen molar-refractivity contribution in [2.75, 3.05) is 0 Å². The second kappa shape index (κ2) is 11.2. The van der Waals surface area contributed by atoms with E-state index in [0.29, 0.717) is 0 Å². The maximum Gasteiger partial charge on any atom is 0.113 e. The van der Waals surface area contributed by atoms with E-state index in [2.05, 4.69) is 14.2 Å². The molecule has 1 radical (unpaired) electrons. The molecular weight excluding hydrogens is 203 g/mol. The molecular formula is C16H32B. The molecule has 0 aliphatic carbocycles. The third-order valence-corrected chi connectivity index (χ3v) is 4.21. The van der Waals surface area contributed by atoms with Crippen LogP contribution in [-0.2, 0) is 0 Å². The summed E-state index contributed by atoms with van der Waals surface area (Å²) in [4.78, 5) is 0. The van der Waals surface area contributed by atoms with Gasteiger partial charge < -0.3 is 0 Å². The molecule has 1 aliphatic rings. The summed E-state index contributed by atoms with van der Waals surface area (Å²) >= 11 is 0. The summed E-state index contributed by atoms with van der Waals surface area (Å²) < 4.78 is 0. The Morgan fingerprint density at radius 1 is 0.824 bits per heavy atom. The van der Waals surface area contributed by atoms with Gasteiger partial charge in [0.1, 0.15) is 7.28 Å². The van der Waals surface area contributed by atoms with E-state index in [4.69, 9.17) is 0 Å². The SMILES string of the molecule is CCCCCCCCC1[B]CCCCCCC1.